The Bertz CT molecular complexity index is 880. The Morgan fingerprint density at radius 2 is 2.08 bits per heavy atom. The van der Waals surface area contributed by atoms with Crippen LogP contribution >= 0.6 is 8.58 Å². The molecule has 2 heterocycles. The third-order valence-corrected chi connectivity index (χ3v) is 5.80. The van der Waals surface area contributed by atoms with Gasteiger partial charge in [-0.25, -0.2) is 4.68 Å². The van der Waals surface area contributed by atoms with Crippen molar-refractivity contribution in [1.29, 1.82) is 0 Å². The molecular formula is C18H22N3O4P. The molecule has 1 aromatic heterocycles. The molecule has 3 rings (SSSR count). The number of aromatic nitrogens is 2. The SMILES string of the molecule is O=C1CCC(n2ncc3cc(PCCCCCO)ccc3c2=O)C(=O)N1. The van der Waals surface area contributed by atoms with Crippen molar-refractivity contribution in [1.82, 2.24) is 15.1 Å². The number of piperidine rings is 1. The number of hydrogen-bond acceptors (Lipinski definition) is 5. The van der Waals surface area contributed by atoms with Crippen LogP contribution in [0.4, 0.5) is 0 Å². The van der Waals surface area contributed by atoms with Gasteiger partial charge in [0.15, 0.2) is 0 Å². The van der Waals surface area contributed by atoms with Crippen molar-refractivity contribution in [3.63, 3.8) is 0 Å². The number of benzene rings is 1. The van der Waals surface area contributed by atoms with Gasteiger partial charge in [0, 0.05) is 18.4 Å². The minimum absolute atomic E-state index is 0.207. The van der Waals surface area contributed by atoms with E-state index in [4.69, 9.17) is 5.11 Å². The molecule has 0 radical (unpaired) electrons. The predicted molar refractivity (Wildman–Crippen MR) is 101 cm³/mol. The molecule has 26 heavy (non-hydrogen) atoms. The Balaban J connectivity index is 1.77. The van der Waals surface area contributed by atoms with Gasteiger partial charge in [0.1, 0.15) is 6.04 Å². The van der Waals surface area contributed by atoms with Gasteiger partial charge >= 0.3 is 0 Å². The molecule has 0 aliphatic carbocycles. The second kappa shape index (κ2) is 8.52. The second-order valence-electron chi connectivity index (χ2n) is 6.37. The smallest absolute Gasteiger partial charge is 0.275 e. The first kappa shape index (κ1) is 18.7. The molecule has 1 saturated heterocycles. The molecule has 2 aromatic rings. The highest BCUT2D eigenvalue weighted by atomic mass is 31.1. The normalized spacial score (nSPS) is 18.0. The Labute approximate surface area is 152 Å². The number of hydrogen-bond donors (Lipinski definition) is 2. The third kappa shape index (κ3) is 4.17. The minimum atomic E-state index is -0.738. The zero-order chi connectivity index (χ0) is 18.5. The highest BCUT2D eigenvalue weighted by molar-refractivity contribution is 7.47. The van der Waals surface area contributed by atoms with Crippen LogP contribution in [0.3, 0.4) is 0 Å². The van der Waals surface area contributed by atoms with E-state index in [9.17, 15) is 14.4 Å². The summed E-state index contributed by atoms with van der Waals surface area (Å²) in [6, 6.07) is 4.97. The van der Waals surface area contributed by atoms with E-state index in [0.29, 0.717) is 14.0 Å². The van der Waals surface area contributed by atoms with E-state index in [1.54, 1.807) is 12.3 Å². The van der Waals surface area contributed by atoms with Crippen molar-refractivity contribution in [3.05, 3.63) is 34.7 Å². The summed E-state index contributed by atoms with van der Waals surface area (Å²) in [5.41, 5.74) is -0.310. The number of carbonyl (C=O) groups excluding carboxylic acids is 2. The lowest BCUT2D eigenvalue weighted by molar-refractivity contribution is -0.136. The molecule has 0 saturated carbocycles. The molecule has 2 N–H and O–H groups in total. The Hall–Kier alpha value is -2.11. The van der Waals surface area contributed by atoms with Crippen LogP contribution in [0.25, 0.3) is 10.8 Å². The summed E-state index contributed by atoms with van der Waals surface area (Å²) in [4.78, 5) is 36.0. The maximum atomic E-state index is 12.7. The van der Waals surface area contributed by atoms with E-state index in [-0.39, 0.29) is 30.9 Å². The van der Waals surface area contributed by atoms with Crippen molar-refractivity contribution in [3.8, 4) is 0 Å². The Kier molecular flexibility index (Phi) is 6.12. The molecular weight excluding hydrogens is 353 g/mol. The van der Waals surface area contributed by atoms with Gasteiger partial charge in [0.05, 0.1) is 11.6 Å². The lowest BCUT2D eigenvalue weighted by Gasteiger charge is -2.21. The van der Waals surface area contributed by atoms with E-state index < -0.39 is 11.9 Å². The number of rotatable bonds is 7. The highest BCUT2D eigenvalue weighted by Crippen LogP contribution is 2.19. The molecule has 2 amide bonds. The zero-order valence-corrected chi connectivity index (χ0v) is 15.4. The van der Waals surface area contributed by atoms with E-state index in [1.165, 1.54) is 9.99 Å². The second-order valence-corrected chi connectivity index (χ2v) is 7.81. The van der Waals surface area contributed by atoms with Gasteiger partial charge < -0.3 is 5.11 Å². The molecule has 1 aliphatic heterocycles. The molecule has 1 aromatic carbocycles. The molecule has 2 unspecified atom stereocenters. The first-order valence-corrected chi connectivity index (χ1v) is 10.0. The van der Waals surface area contributed by atoms with E-state index in [1.807, 2.05) is 12.1 Å². The number of imide groups is 1. The zero-order valence-electron chi connectivity index (χ0n) is 14.4. The topological polar surface area (TPSA) is 101 Å². The van der Waals surface area contributed by atoms with Crippen LogP contribution in [-0.4, -0.2) is 39.5 Å². The fraction of sp³-hybridized carbons (Fsp3) is 0.444. The van der Waals surface area contributed by atoms with Gasteiger partial charge in [-0.2, -0.15) is 5.10 Å². The summed E-state index contributed by atoms with van der Waals surface area (Å²) >= 11 is 0. The van der Waals surface area contributed by atoms with E-state index in [2.05, 4.69) is 10.4 Å². The van der Waals surface area contributed by atoms with Crippen LogP contribution in [0.5, 0.6) is 0 Å². The van der Waals surface area contributed by atoms with Gasteiger partial charge in [-0.05, 0) is 42.9 Å². The molecule has 0 bridgehead atoms. The van der Waals surface area contributed by atoms with Gasteiger partial charge in [-0.15, -0.1) is 0 Å². The first-order valence-electron chi connectivity index (χ1n) is 8.80. The number of amides is 2. The quantitative estimate of drug-likeness (QED) is 0.424. The first-order chi connectivity index (χ1) is 12.6. The van der Waals surface area contributed by atoms with Crippen LogP contribution in [0, 0.1) is 0 Å². The van der Waals surface area contributed by atoms with Gasteiger partial charge in [-0.3, -0.25) is 19.7 Å². The molecule has 2 atom stereocenters. The molecule has 7 nitrogen and oxygen atoms in total. The molecule has 1 fully saturated rings. The molecule has 138 valence electrons. The van der Waals surface area contributed by atoms with Crippen LogP contribution in [0.1, 0.15) is 38.1 Å². The largest absolute Gasteiger partial charge is 0.396 e. The summed E-state index contributed by atoms with van der Waals surface area (Å²) < 4.78 is 1.18. The summed E-state index contributed by atoms with van der Waals surface area (Å²) in [5.74, 6) is -0.791. The molecule has 1 aliphatic rings. The van der Waals surface area contributed by atoms with Gasteiger partial charge in [-0.1, -0.05) is 21.1 Å². The fourth-order valence-corrected chi connectivity index (χ4v) is 4.23. The average molecular weight is 375 g/mol. The number of aliphatic hydroxyl groups is 1. The number of unbranched alkanes of at least 4 members (excludes halogenated alkanes) is 2. The standard InChI is InChI=1S/C18H22N3O4P/c22-8-2-1-3-9-26-13-4-5-14-12(10-13)11-19-21(18(14)25)15-6-7-16(23)20-17(15)24/h4-5,10-11,15,22,26H,1-3,6-9H2,(H,20,23,24). The highest BCUT2D eigenvalue weighted by Gasteiger charge is 2.29. The van der Waals surface area contributed by atoms with E-state index >= 15 is 0 Å². The maximum absolute atomic E-state index is 12.7. The van der Waals surface area contributed by atoms with Crippen LogP contribution in [0.15, 0.2) is 29.2 Å². The van der Waals surface area contributed by atoms with Gasteiger partial charge in [0.25, 0.3) is 11.5 Å². The number of carbonyl (C=O) groups is 2. The molecule has 8 heteroatoms. The van der Waals surface area contributed by atoms with Crippen LogP contribution < -0.4 is 16.2 Å². The van der Waals surface area contributed by atoms with E-state index in [0.717, 1.165) is 30.8 Å². The predicted octanol–water partition coefficient (Wildman–Crippen LogP) is 0.841. The summed E-state index contributed by atoms with van der Waals surface area (Å²) in [5, 5.41) is 17.7. The summed E-state index contributed by atoms with van der Waals surface area (Å²) in [6.07, 6.45) is 6.11. The fourth-order valence-electron chi connectivity index (χ4n) is 3.06. The van der Waals surface area contributed by atoms with Gasteiger partial charge in [0.2, 0.25) is 5.91 Å². The van der Waals surface area contributed by atoms with Crippen molar-refractivity contribution < 1.29 is 14.7 Å². The van der Waals surface area contributed by atoms with Crippen molar-refractivity contribution in [2.75, 3.05) is 12.8 Å². The van der Waals surface area contributed by atoms with Crippen LogP contribution in [0.2, 0.25) is 0 Å². The summed E-state index contributed by atoms with van der Waals surface area (Å²) in [7, 11) is 0.651. The Morgan fingerprint density at radius 3 is 2.85 bits per heavy atom. The average Bonchev–Trinajstić information content (AvgIpc) is 2.63. The van der Waals surface area contributed by atoms with Crippen LogP contribution in [-0.2, 0) is 9.59 Å². The minimum Gasteiger partial charge on any atom is -0.396 e. The van der Waals surface area contributed by atoms with Crippen molar-refractivity contribution >= 4 is 36.5 Å². The number of aliphatic hydroxyl groups excluding tert-OH is 1. The number of nitrogens with one attached hydrogen (secondary N) is 1. The third-order valence-electron chi connectivity index (χ3n) is 4.48. The maximum Gasteiger partial charge on any atom is 0.275 e. The monoisotopic (exact) mass is 375 g/mol. The lowest BCUT2D eigenvalue weighted by atomic mass is 10.1. The Morgan fingerprint density at radius 1 is 1.23 bits per heavy atom. The lowest BCUT2D eigenvalue weighted by Crippen LogP contribution is -2.45. The van der Waals surface area contributed by atoms with Crippen molar-refractivity contribution in [2.24, 2.45) is 0 Å². The van der Waals surface area contributed by atoms with Crippen molar-refractivity contribution in [2.45, 2.75) is 38.1 Å². The number of fused-ring (bicyclic) bond motifs is 1. The molecule has 0 spiro atoms. The number of nitrogens with zero attached hydrogens (tertiary/aromatic N) is 2. The summed E-state index contributed by atoms with van der Waals surface area (Å²) in [6.45, 7) is 0.240.